The van der Waals surface area contributed by atoms with E-state index in [9.17, 15) is 14.4 Å². The first kappa shape index (κ1) is 27.5. The number of nitrogens with one attached hydrogen (secondary N) is 2. The van der Waals surface area contributed by atoms with Crippen molar-refractivity contribution in [3.8, 4) is 28.7 Å². The summed E-state index contributed by atoms with van der Waals surface area (Å²) in [7, 11) is 5.87. The zero-order chi connectivity index (χ0) is 27.7. The fourth-order valence-corrected chi connectivity index (χ4v) is 3.20. The molecule has 0 unspecified atom stereocenters. The first-order valence-electron chi connectivity index (χ1n) is 11.2. The number of carbonyl (C=O) groups excluding carboxylic acids is 3. The number of esters is 1. The van der Waals surface area contributed by atoms with Crippen LogP contribution in [0.25, 0.3) is 0 Å². The summed E-state index contributed by atoms with van der Waals surface area (Å²) in [6.45, 7) is 1.63. The van der Waals surface area contributed by atoms with Gasteiger partial charge in [-0.2, -0.15) is 5.10 Å². The maximum absolute atomic E-state index is 12.5. The van der Waals surface area contributed by atoms with Crippen LogP contribution in [-0.4, -0.2) is 51.9 Å². The maximum Gasteiger partial charge on any atom is 0.343 e. The second-order valence-corrected chi connectivity index (χ2v) is 7.64. The molecule has 38 heavy (non-hydrogen) atoms. The van der Waals surface area contributed by atoms with Crippen LogP contribution in [0.5, 0.6) is 28.7 Å². The topological polar surface area (TPSA) is 134 Å². The smallest absolute Gasteiger partial charge is 0.343 e. The van der Waals surface area contributed by atoms with E-state index in [4.69, 9.17) is 23.7 Å². The molecule has 0 aromatic heterocycles. The van der Waals surface area contributed by atoms with Crippen LogP contribution in [0, 0.1) is 0 Å². The minimum atomic E-state index is -0.994. The van der Waals surface area contributed by atoms with Crippen molar-refractivity contribution in [2.24, 2.45) is 5.10 Å². The molecule has 0 spiro atoms. The van der Waals surface area contributed by atoms with Crippen LogP contribution in [0.4, 0.5) is 5.69 Å². The largest absolute Gasteiger partial charge is 0.497 e. The van der Waals surface area contributed by atoms with Crippen molar-refractivity contribution in [1.29, 1.82) is 0 Å². The Morgan fingerprint density at radius 3 is 1.89 bits per heavy atom. The summed E-state index contributed by atoms with van der Waals surface area (Å²) < 4.78 is 26.2. The van der Waals surface area contributed by atoms with Gasteiger partial charge in [-0.3, -0.25) is 9.59 Å². The number of ether oxygens (including phenoxy) is 5. The molecule has 0 saturated heterocycles. The van der Waals surface area contributed by atoms with E-state index < -0.39 is 17.8 Å². The molecule has 11 heteroatoms. The number of hydrogen-bond donors (Lipinski definition) is 2. The fraction of sp³-hybridized carbons (Fsp3) is 0.185. The molecular formula is C27H27N3O8. The summed E-state index contributed by atoms with van der Waals surface area (Å²) in [5, 5.41) is 6.45. The molecule has 11 nitrogen and oxygen atoms in total. The minimum Gasteiger partial charge on any atom is -0.497 e. The van der Waals surface area contributed by atoms with E-state index in [1.54, 1.807) is 55.5 Å². The highest BCUT2D eigenvalue weighted by molar-refractivity contribution is 6.39. The molecule has 2 amide bonds. The highest BCUT2D eigenvalue weighted by Crippen LogP contribution is 2.30. The quantitative estimate of drug-likeness (QED) is 0.144. The molecular weight excluding hydrogens is 494 g/mol. The summed E-state index contributed by atoms with van der Waals surface area (Å²) in [4.78, 5) is 37.2. The Morgan fingerprint density at radius 1 is 0.658 bits per heavy atom. The lowest BCUT2D eigenvalue weighted by molar-refractivity contribution is -0.136. The Morgan fingerprint density at radius 2 is 1.26 bits per heavy atom. The predicted octanol–water partition coefficient (Wildman–Crippen LogP) is 3.42. The Balaban J connectivity index is 1.67. The van der Waals surface area contributed by atoms with Crippen LogP contribution in [0.1, 0.15) is 22.8 Å². The Bertz CT molecular complexity index is 1350. The highest BCUT2D eigenvalue weighted by Gasteiger charge is 2.17. The molecule has 0 heterocycles. The van der Waals surface area contributed by atoms with E-state index in [1.165, 1.54) is 40.6 Å². The minimum absolute atomic E-state index is 0.195. The zero-order valence-electron chi connectivity index (χ0n) is 21.5. The molecule has 2 N–H and O–H groups in total. The average Bonchev–Trinajstić information content (AvgIpc) is 2.95. The van der Waals surface area contributed by atoms with Crippen LogP contribution < -0.4 is 34.4 Å². The first-order chi connectivity index (χ1) is 18.3. The fourth-order valence-electron chi connectivity index (χ4n) is 3.20. The lowest BCUT2D eigenvalue weighted by Gasteiger charge is -2.12. The number of anilines is 1. The van der Waals surface area contributed by atoms with Crippen molar-refractivity contribution in [3.63, 3.8) is 0 Å². The summed E-state index contributed by atoms with van der Waals surface area (Å²) in [6, 6.07) is 16.0. The van der Waals surface area contributed by atoms with Gasteiger partial charge in [-0.1, -0.05) is 0 Å². The van der Waals surface area contributed by atoms with Gasteiger partial charge in [0.2, 0.25) is 0 Å². The van der Waals surface area contributed by atoms with Crippen LogP contribution in [0.15, 0.2) is 65.8 Å². The molecule has 0 radical (unpaired) electrons. The van der Waals surface area contributed by atoms with Crippen LogP contribution in [0.3, 0.4) is 0 Å². The van der Waals surface area contributed by atoms with Gasteiger partial charge in [-0.25, -0.2) is 10.2 Å². The molecule has 0 aliphatic heterocycles. The van der Waals surface area contributed by atoms with E-state index in [1.807, 2.05) is 0 Å². The van der Waals surface area contributed by atoms with Crippen molar-refractivity contribution in [3.05, 3.63) is 71.8 Å². The summed E-state index contributed by atoms with van der Waals surface area (Å²) >= 11 is 0. The number of hydrogen-bond acceptors (Lipinski definition) is 9. The van der Waals surface area contributed by atoms with Crippen LogP contribution >= 0.6 is 0 Å². The molecule has 3 aromatic carbocycles. The van der Waals surface area contributed by atoms with Gasteiger partial charge in [-0.05, 0) is 61.5 Å². The van der Waals surface area contributed by atoms with E-state index >= 15 is 0 Å². The van der Waals surface area contributed by atoms with Gasteiger partial charge in [0.15, 0.2) is 11.5 Å². The van der Waals surface area contributed by atoms with E-state index in [-0.39, 0.29) is 17.2 Å². The van der Waals surface area contributed by atoms with Crippen molar-refractivity contribution in [2.75, 3.05) is 33.8 Å². The second-order valence-electron chi connectivity index (χ2n) is 7.64. The monoisotopic (exact) mass is 521 g/mol. The number of nitrogens with zero attached hydrogens (tertiary/aromatic N) is 1. The summed E-state index contributed by atoms with van der Waals surface area (Å²) in [5.74, 6) is -0.613. The number of amides is 2. The SMILES string of the molecule is COc1ccc(C(=O)Oc2ccc(/C(C)=N/NC(=O)C(=O)Nc3cc(OC)ccc3OC)cc2OC)cc1. The summed E-state index contributed by atoms with van der Waals surface area (Å²) in [5.41, 5.74) is 3.74. The molecule has 198 valence electrons. The third kappa shape index (κ3) is 6.78. The van der Waals surface area contributed by atoms with Gasteiger partial charge in [0.1, 0.15) is 17.2 Å². The van der Waals surface area contributed by atoms with E-state index in [0.29, 0.717) is 34.1 Å². The Hall–Kier alpha value is -5.06. The lowest BCUT2D eigenvalue weighted by atomic mass is 10.1. The molecule has 0 aliphatic carbocycles. The average molecular weight is 522 g/mol. The van der Waals surface area contributed by atoms with Gasteiger partial charge >= 0.3 is 17.8 Å². The molecule has 3 rings (SSSR count). The van der Waals surface area contributed by atoms with Crippen LogP contribution in [0.2, 0.25) is 0 Å². The standard InChI is InChI=1S/C27H27N3O8/c1-16(29-30-26(32)25(31)28-21-15-20(35-3)11-13-22(21)36-4)18-8-12-23(24(14-18)37-5)38-27(33)17-6-9-19(34-2)10-7-17/h6-15H,1-5H3,(H,28,31)(H,30,32)/b29-16+. The maximum atomic E-state index is 12.5. The molecule has 0 atom stereocenters. The van der Waals surface area contributed by atoms with Gasteiger partial charge in [0.05, 0.1) is 45.4 Å². The van der Waals surface area contributed by atoms with Gasteiger partial charge in [-0.15, -0.1) is 0 Å². The third-order valence-corrected chi connectivity index (χ3v) is 5.30. The van der Waals surface area contributed by atoms with E-state index in [0.717, 1.165) is 0 Å². The second kappa shape index (κ2) is 12.8. The van der Waals surface area contributed by atoms with Crippen molar-refractivity contribution >= 4 is 29.2 Å². The summed E-state index contributed by atoms with van der Waals surface area (Å²) in [6.07, 6.45) is 0. The van der Waals surface area contributed by atoms with Crippen molar-refractivity contribution in [1.82, 2.24) is 5.43 Å². The van der Waals surface area contributed by atoms with Gasteiger partial charge in [0, 0.05) is 11.6 Å². The molecule has 0 saturated carbocycles. The third-order valence-electron chi connectivity index (χ3n) is 5.30. The number of hydrazone groups is 1. The predicted molar refractivity (Wildman–Crippen MR) is 139 cm³/mol. The molecule has 0 bridgehead atoms. The number of rotatable bonds is 9. The normalized spacial score (nSPS) is 10.7. The van der Waals surface area contributed by atoms with Gasteiger partial charge < -0.3 is 29.0 Å². The number of benzene rings is 3. The Labute approximate surface area is 219 Å². The zero-order valence-corrected chi connectivity index (χ0v) is 21.5. The van der Waals surface area contributed by atoms with Crippen molar-refractivity contribution < 1.29 is 38.1 Å². The molecule has 0 aliphatic rings. The Kier molecular flexibility index (Phi) is 9.25. The number of methoxy groups -OCH3 is 4. The van der Waals surface area contributed by atoms with Crippen LogP contribution in [-0.2, 0) is 9.59 Å². The first-order valence-corrected chi connectivity index (χ1v) is 11.2. The number of carbonyl (C=O) groups is 3. The molecule has 0 fully saturated rings. The highest BCUT2D eigenvalue weighted by atomic mass is 16.6. The molecule has 3 aromatic rings. The van der Waals surface area contributed by atoms with Crippen molar-refractivity contribution in [2.45, 2.75) is 6.92 Å². The van der Waals surface area contributed by atoms with E-state index in [2.05, 4.69) is 15.8 Å². The lowest BCUT2D eigenvalue weighted by Crippen LogP contribution is -2.33. The van der Waals surface area contributed by atoms with Gasteiger partial charge in [0.25, 0.3) is 0 Å².